The number of benzene rings is 2. The van der Waals surface area contributed by atoms with Crippen LogP contribution in [0.1, 0.15) is 16.1 Å². The zero-order valence-corrected chi connectivity index (χ0v) is 11.0. The number of carboxylic acids is 1. The second-order valence-corrected chi connectivity index (χ2v) is 4.62. The molecule has 0 bridgehead atoms. The molecule has 0 aliphatic rings. The van der Waals surface area contributed by atoms with E-state index < -0.39 is 5.97 Å². The van der Waals surface area contributed by atoms with Crippen molar-refractivity contribution in [3.8, 4) is 5.75 Å². The van der Waals surface area contributed by atoms with Gasteiger partial charge in [0.1, 0.15) is 23.9 Å². The van der Waals surface area contributed by atoms with Crippen LogP contribution in [0.15, 0.2) is 48.5 Å². The van der Waals surface area contributed by atoms with Crippen LogP contribution in [0.5, 0.6) is 5.75 Å². The molecule has 2 aromatic carbocycles. The number of aromatic carboxylic acids is 1. The van der Waals surface area contributed by atoms with Gasteiger partial charge in [0.05, 0.1) is 0 Å². The molecule has 0 fully saturated rings. The second-order valence-electron chi connectivity index (χ2n) is 4.62. The molecular formula is C16H12FNO3. The van der Waals surface area contributed by atoms with Gasteiger partial charge in [-0.1, -0.05) is 18.2 Å². The summed E-state index contributed by atoms with van der Waals surface area (Å²) in [7, 11) is 0. The first-order valence-corrected chi connectivity index (χ1v) is 6.36. The highest BCUT2D eigenvalue weighted by atomic mass is 19.1. The van der Waals surface area contributed by atoms with Gasteiger partial charge in [-0.3, -0.25) is 0 Å². The number of halogens is 1. The quantitative estimate of drug-likeness (QED) is 0.770. The van der Waals surface area contributed by atoms with E-state index >= 15 is 0 Å². The Morgan fingerprint density at radius 2 is 1.95 bits per heavy atom. The molecule has 0 unspecified atom stereocenters. The molecule has 0 saturated carbocycles. The summed E-state index contributed by atoms with van der Waals surface area (Å²) in [6.07, 6.45) is 0. The van der Waals surface area contributed by atoms with E-state index in [1.165, 1.54) is 18.2 Å². The molecule has 1 aromatic heterocycles. The molecule has 3 rings (SSSR count). The Labute approximate surface area is 119 Å². The lowest BCUT2D eigenvalue weighted by atomic mass is 10.2. The summed E-state index contributed by atoms with van der Waals surface area (Å²) < 4.78 is 18.5. The van der Waals surface area contributed by atoms with E-state index in [9.17, 15) is 9.18 Å². The molecule has 1 heterocycles. The lowest BCUT2D eigenvalue weighted by Gasteiger charge is -2.07. The van der Waals surface area contributed by atoms with Crippen molar-refractivity contribution in [2.24, 2.45) is 0 Å². The molecular weight excluding hydrogens is 273 g/mol. The average Bonchev–Trinajstić information content (AvgIpc) is 2.91. The Hall–Kier alpha value is -2.82. The standard InChI is InChI=1S/C16H12FNO3/c17-11-6-4-10(5-7-11)9-21-15-3-1-2-13-12(15)8-14(18-13)16(19)20/h1-8,18H,9H2,(H,19,20). The number of aromatic nitrogens is 1. The lowest BCUT2D eigenvalue weighted by Crippen LogP contribution is -1.95. The van der Waals surface area contributed by atoms with Gasteiger partial charge in [0.25, 0.3) is 0 Å². The number of carboxylic acid groups (broad SMARTS) is 1. The van der Waals surface area contributed by atoms with Crippen LogP contribution < -0.4 is 4.74 Å². The maximum Gasteiger partial charge on any atom is 0.352 e. The maximum atomic E-state index is 12.8. The highest BCUT2D eigenvalue weighted by molar-refractivity contribution is 5.96. The van der Waals surface area contributed by atoms with Crippen LogP contribution in [0.2, 0.25) is 0 Å². The SMILES string of the molecule is O=C(O)c1cc2c(OCc3ccc(F)cc3)cccc2[nH]1. The van der Waals surface area contributed by atoms with Gasteiger partial charge in [-0.25, -0.2) is 9.18 Å². The molecule has 0 atom stereocenters. The van der Waals surface area contributed by atoms with Crippen molar-refractivity contribution in [2.75, 3.05) is 0 Å². The van der Waals surface area contributed by atoms with Crippen molar-refractivity contribution in [1.82, 2.24) is 4.98 Å². The summed E-state index contributed by atoms with van der Waals surface area (Å²) in [5.74, 6) is -0.728. The van der Waals surface area contributed by atoms with Crippen LogP contribution in [0.3, 0.4) is 0 Å². The first-order valence-electron chi connectivity index (χ1n) is 6.36. The molecule has 3 aromatic rings. The Morgan fingerprint density at radius 3 is 2.67 bits per heavy atom. The Bertz CT molecular complexity index is 793. The predicted octanol–water partition coefficient (Wildman–Crippen LogP) is 3.58. The van der Waals surface area contributed by atoms with Crippen LogP contribution in [0.25, 0.3) is 10.9 Å². The number of carbonyl (C=O) groups is 1. The third-order valence-corrected chi connectivity index (χ3v) is 3.16. The number of nitrogens with one attached hydrogen (secondary N) is 1. The van der Waals surface area contributed by atoms with Crippen molar-refractivity contribution in [1.29, 1.82) is 0 Å². The molecule has 0 radical (unpaired) electrons. The fraction of sp³-hybridized carbons (Fsp3) is 0.0625. The molecule has 5 heteroatoms. The van der Waals surface area contributed by atoms with Crippen molar-refractivity contribution in [3.63, 3.8) is 0 Å². The Balaban J connectivity index is 1.86. The van der Waals surface area contributed by atoms with Gasteiger partial charge in [0, 0.05) is 10.9 Å². The van der Waals surface area contributed by atoms with Gasteiger partial charge in [0.15, 0.2) is 0 Å². The maximum absolute atomic E-state index is 12.8. The van der Waals surface area contributed by atoms with E-state index in [1.807, 2.05) is 0 Å². The molecule has 21 heavy (non-hydrogen) atoms. The van der Waals surface area contributed by atoms with Gasteiger partial charge in [-0.05, 0) is 35.9 Å². The monoisotopic (exact) mass is 285 g/mol. The van der Waals surface area contributed by atoms with Crippen LogP contribution in [-0.2, 0) is 6.61 Å². The van der Waals surface area contributed by atoms with E-state index in [-0.39, 0.29) is 18.1 Å². The number of aromatic amines is 1. The van der Waals surface area contributed by atoms with E-state index in [2.05, 4.69) is 4.98 Å². The first kappa shape index (κ1) is 13.2. The number of hydrogen-bond acceptors (Lipinski definition) is 2. The predicted molar refractivity (Wildman–Crippen MR) is 76.0 cm³/mol. The third-order valence-electron chi connectivity index (χ3n) is 3.16. The molecule has 0 aliphatic carbocycles. The number of fused-ring (bicyclic) bond motifs is 1. The van der Waals surface area contributed by atoms with Crippen molar-refractivity contribution >= 4 is 16.9 Å². The highest BCUT2D eigenvalue weighted by Gasteiger charge is 2.10. The van der Waals surface area contributed by atoms with Gasteiger partial charge in [-0.2, -0.15) is 0 Å². The minimum Gasteiger partial charge on any atom is -0.488 e. The largest absolute Gasteiger partial charge is 0.488 e. The Kier molecular flexibility index (Phi) is 3.31. The molecule has 106 valence electrons. The molecule has 0 saturated heterocycles. The summed E-state index contributed by atoms with van der Waals surface area (Å²) in [4.78, 5) is 13.8. The van der Waals surface area contributed by atoms with Gasteiger partial charge in [-0.15, -0.1) is 0 Å². The third kappa shape index (κ3) is 2.72. The topological polar surface area (TPSA) is 62.3 Å². The van der Waals surface area contributed by atoms with Crippen LogP contribution >= 0.6 is 0 Å². The first-order chi connectivity index (χ1) is 10.1. The number of ether oxygens (including phenoxy) is 1. The normalized spacial score (nSPS) is 10.7. The van der Waals surface area contributed by atoms with Crippen molar-refractivity contribution in [3.05, 3.63) is 65.6 Å². The fourth-order valence-corrected chi connectivity index (χ4v) is 2.11. The van der Waals surface area contributed by atoms with Crippen LogP contribution in [0.4, 0.5) is 4.39 Å². The summed E-state index contributed by atoms with van der Waals surface area (Å²) in [5.41, 5.74) is 1.65. The molecule has 2 N–H and O–H groups in total. The number of H-pyrrole nitrogens is 1. The average molecular weight is 285 g/mol. The van der Waals surface area contributed by atoms with Gasteiger partial charge < -0.3 is 14.8 Å². The minimum absolute atomic E-state index is 0.114. The summed E-state index contributed by atoms with van der Waals surface area (Å²) >= 11 is 0. The number of rotatable bonds is 4. The molecule has 0 spiro atoms. The fourth-order valence-electron chi connectivity index (χ4n) is 2.11. The smallest absolute Gasteiger partial charge is 0.352 e. The zero-order valence-electron chi connectivity index (χ0n) is 11.0. The van der Waals surface area contributed by atoms with Crippen LogP contribution in [0, 0.1) is 5.82 Å². The molecule has 0 aliphatic heterocycles. The summed E-state index contributed by atoms with van der Waals surface area (Å²) in [5, 5.41) is 9.71. The van der Waals surface area contributed by atoms with Crippen molar-refractivity contribution < 1.29 is 19.0 Å². The van der Waals surface area contributed by atoms with Crippen molar-refractivity contribution in [2.45, 2.75) is 6.61 Å². The summed E-state index contributed by atoms with van der Waals surface area (Å²) in [6.45, 7) is 0.285. The molecule has 0 amide bonds. The van der Waals surface area contributed by atoms with E-state index in [1.54, 1.807) is 30.3 Å². The van der Waals surface area contributed by atoms with E-state index in [0.717, 1.165) is 5.56 Å². The molecule has 4 nitrogen and oxygen atoms in total. The van der Waals surface area contributed by atoms with E-state index in [0.29, 0.717) is 16.7 Å². The second kappa shape index (κ2) is 5.28. The zero-order chi connectivity index (χ0) is 14.8. The van der Waals surface area contributed by atoms with Gasteiger partial charge in [0.2, 0.25) is 0 Å². The minimum atomic E-state index is -1.02. The highest BCUT2D eigenvalue weighted by Crippen LogP contribution is 2.27. The van der Waals surface area contributed by atoms with E-state index in [4.69, 9.17) is 9.84 Å². The number of hydrogen-bond donors (Lipinski definition) is 2. The van der Waals surface area contributed by atoms with Gasteiger partial charge >= 0.3 is 5.97 Å². The summed E-state index contributed by atoms with van der Waals surface area (Å²) in [6, 6.07) is 12.9. The Morgan fingerprint density at radius 1 is 1.19 bits per heavy atom. The van der Waals surface area contributed by atoms with Crippen LogP contribution in [-0.4, -0.2) is 16.1 Å². The lowest BCUT2D eigenvalue weighted by molar-refractivity contribution is 0.0691.